The van der Waals surface area contributed by atoms with Crippen molar-refractivity contribution in [2.24, 2.45) is 12.8 Å². The van der Waals surface area contributed by atoms with E-state index in [1.54, 1.807) is 11.0 Å². The van der Waals surface area contributed by atoms with E-state index in [2.05, 4.69) is 14.6 Å². The van der Waals surface area contributed by atoms with Crippen molar-refractivity contribution in [2.45, 2.75) is 13.1 Å². The highest BCUT2D eigenvalue weighted by molar-refractivity contribution is 5.08. The van der Waals surface area contributed by atoms with Crippen LogP contribution in [-0.2, 0) is 20.1 Å². The average Bonchev–Trinajstić information content (AvgIpc) is 2.77. The fourth-order valence-electron chi connectivity index (χ4n) is 1.40. The van der Waals surface area contributed by atoms with Gasteiger partial charge in [0.05, 0.1) is 6.54 Å². The van der Waals surface area contributed by atoms with Gasteiger partial charge < -0.3 is 10.3 Å². The van der Waals surface area contributed by atoms with Crippen LogP contribution in [0, 0.1) is 0 Å². The largest absolute Gasteiger partial charge is 0.343 e. The molecule has 0 aromatic carbocycles. The summed E-state index contributed by atoms with van der Waals surface area (Å²) in [6.45, 7) is 1.26. The van der Waals surface area contributed by atoms with Crippen molar-refractivity contribution in [3.63, 3.8) is 0 Å². The highest BCUT2D eigenvalue weighted by Crippen LogP contribution is 2.04. The first kappa shape index (κ1) is 8.96. The molecule has 14 heavy (non-hydrogen) atoms. The lowest BCUT2D eigenvalue weighted by atomic mass is 10.4. The second kappa shape index (κ2) is 3.63. The van der Waals surface area contributed by atoms with Crippen molar-refractivity contribution in [3.05, 3.63) is 36.2 Å². The predicted molar refractivity (Wildman–Crippen MR) is 52.4 cm³/mol. The van der Waals surface area contributed by atoms with Crippen LogP contribution >= 0.6 is 0 Å². The van der Waals surface area contributed by atoms with Gasteiger partial charge in [-0.2, -0.15) is 5.10 Å². The van der Waals surface area contributed by atoms with Gasteiger partial charge in [0, 0.05) is 25.5 Å². The van der Waals surface area contributed by atoms with E-state index in [9.17, 15) is 0 Å². The van der Waals surface area contributed by atoms with Crippen molar-refractivity contribution in [1.29, 1.82) is 0 Å². The molecule has 5 nitrogen and oxygen atoms in total. The lowest BCUT2D eigenvalue weighted by molar-refractivity contribution is 0.639. The molecule has 2 aromatic rings. The minimum atomic E-state index is 0.546. The first-order chi connectivity index (χ1) is 6.81. The lowest BCUT2D eigenvalue weighted by Gasteiger charge is -2.06. The van der Waals surface area contributed by atoms with E-state index >= 15 is 0 Å². The number of aromatic nitrogens is 4. The smallest absolute Gasteiger partial charge is 0.146 e. The molecule has 0 fully saturated rings. The van der Waals surface area contributed by atoms with Crippen molar-refractivity contribution >= 4 is 0 Å². The van der Waals surface area contributed by atoms with Gasteiger partial charge in [-0.25, -0.2) is 4.98 Å². The molecular formula is C9H13N5. The molecule has 0 saturated carbocycles. The van der Waals surface area contributed by atoms with Gasteiger partial charge in [0.25, 0.3) is 0 Å². The number of nitrogens with zero attached hydrogens (tertiary/aromatic N) is 4. The Bertz CT molecular complexity index is 414. The zero-order valence-corrected chi connectivity index (χ0v) is 8.09. The standard InChI is InChI=1S/C9H13N5/c1-13-9(11-7-12-13)6-14-4-2-3-8(14)5-10/h2-4,7H,5-6,10H2,1H3. The topological polar surface area (TPSA) is 61.7 Å². The van der Waals surface area contributed by atoms with Crippen LogP contribution in [0.15, 0.2) is 24.7 Å². The van der Waals surface area contributed by atoms with Crippen LogP contribution < -0.4 is 5.73 Å². The number of hydrogen-bond acceptors (Lipinski definition) is 3. The molecule has 0 radical (unpaired) electrons. The zero-order valence-electron chi connectivity index (χ0n) is 8.09. The van der Waals surface area contributed by atoms with E-state index in [1.165, 1.54) is 0 Å². The summed E-state index contributed by atoms with van der Waals surface area (Å²) in [6, 6.07) is 3.99. The minimum Gasteiger partial charge on any atom is -0.343 e. The molecule has 0 unspecified atom stereocenters. The Morgan fingerprint density at radius 1 is 1.50 bits per heavy atom. The van der Waals surface area contributed by atoms with Crippen molar-refractivity contribution < 1.29 is 0 Å². The SMILES string of the molecule is Cn1ncnc1Cn1cccc1CN. The molecule has 0 atom stereocenters. The average molecular weight is 191 g/mol. The highest BCUT2D eigenvalue weighted by Gasteiger charge is 2.03. The maximum atomic E-state index is 5.60. The maximum absolute atomic E-state index is 5.60. The number of aryl methyl sites for hydroxylation is 1. The van der Waals surface area contributed by atoms with Crippen molar-refractivity contribution in [1.82, 2.24) is 19.3 Å². The third kappa shape index (κ3) is 1.54. The fraction of sp³-hybridized carbons (Fsp3) is 0.333. The molecule has 5 heteroatoms. The van der Waals surface area contributed by atoms with Crippen molar-refractivity contribution in [3.8, 4) is 0 Å². The van der Waals surface area contributed by atoms with Gasteiger partial charge >= 0.3 is 0 Å². The van der Waals surface area contributed by atoms with Crippen LogP contribution in [0.4, 0.5) is 0 Å². The van der Waals surface area contributed by atoms with E-state index in [0.717, 1.165) is 18.1 Å². The monoisotopic (exact) mass is 191 g/mol. The molecule has 2 N–H and O–H groups in total. The Morgan fingerprint density at radius 2 is 2.36 bits per heavy atom. The molecule has 0 amide bonds. The molecule has 0 aliphatic rings. The second-order valence-electron chi connectivity index (χ2n) is 3.13. The Morgan fingerprint density at radius 3 is 3.00 bits per heavy atom. The molecule has 0 saturated heterocycles. The summed E-state index contributed by atoms with van der Waals surface area (Å²) in [7, 11) is 1.88. The summed E-state index contributed by atoms with van der Waals surface area (Å²) in [5.74, 6) is 0.927. The van der Waals surface area contributed by atoms with Gasteiger partial charge in [0.15, 0.2) is 0 Å². The van der Waals surface area contributed by atoms with Gasteiger partial charge in [0.2, 0.25) is 0 Å². The normalized spacial score (nSPS) is 10.7. The highest BCUT2D eigenvalue weighted by atomic mass is 15.3. The van der Waals surface area contributed by atoms with Crippen LogP contribution in [0.3, 0.4) is 0 Å². The third-order valence-corrected chi connectivity index (χ3v) is 2.25. The Hall–Kier alpha value is -1.62. The molecule has 2 rings (SSSR count). The summed E-state index contributed by atoms with van der Waals surface area (Å²) in [5.41, 5.74) is 6.70. The van der Waals surface area contributed by atoms with E-state index in [-0.39, 0.29) is 0 Å². The van der Waals surface area contributed by atoms with Crippen LogP contribution in [0.5, 0.6) is 0 Å². The Kier molecular flexibility index (Phi) is 2.32. The number of hydrogen-bond donors (Lipinski definition) is 1. The molecular weight excluding hydrogens is 178 g/mol. The quantitative estimate of drug-likeness (QED) is 0.749. The fourth-order valence-corrected chi connectivity index (χ4v) is 1.40. The van der Waals surface area contributed by atoms with Gasteiger partial charge in [-0.3, -0.25) is 4.68 Å². The van der Waals surface area contributed by atoms with Crippen molar-refractivity contribution in [2.75, 3.05) is 0 Å². The summed E-state index contributed by atoms with van der Waals surface area (Å²) in [5, 5.41) is 4.01. The van der Waals surface area contributed by atoms with Gasteiger partial charge in [-0.1, -0.05) is 0 Å². The lowest BCUT2D eigenvalue weighted by Crippen LogP contribution is -2.10. The first-order valence-electron chi connectivity index (χ1n) is 4.48. The molecule has 0 aliphatic carbocycles. The van der Waals surface area contributed by atoms with Gasteiger partial charge in [-0.15, -0.1) is 0 Å². The molecule has 2 aromatic heterocycles. The van der Waals surface area contributed by atoms with E-state index < -0.39 is 0 Å². The molecule has 0 aliphatic heterocycles. The summed E-state index contributed by atoms with van der Waals surface area (Å²) in [6.07, 6.45) is 3.55. The molecule has 2 heterocycles. The first-order valence-corrected chi connectivity index (χ1v) is 4.48. The molecule has 0 spiro atoms. The summed E-state index contributed by atoms with van der Waals surface area (Å²) < 4.78 is 3.84. The maximum Gasteiger partial charge on any atom is 0.146 e. The van der Waals surface area contributed by atoms with Gasteiger partial charge in [-0.05, 0) is 12.1 Å². The molecule has 74 valence electrons. The predicted octanol–water partition coefficient (Wildman–Crippen LogP) is 0.124. The third-order valence-electron chi connectivity index (χ3n) is 2.25. The number of nitrogens with two attached hydrogens (primary N) is 1. The van der Waals surface area contributed by atoms with Crippen LogP contribution in [0.2, 0.25) is 0 Å². The van der Waals surface area contributed by atoms with Crippen LogP contribution in [0.1, 0.15) is 11.5 Å². The van der Waals surface area contributed by atoms with Gasteiger partial charge in [0.1, 0.15) is 12.2 Å². The Labute approximate surface area is 82.2 Å². The van der Waals surface area contributed by atoms with Crippen LogP contribution in [0.25, 0.3) is 0 Å². The van der Waals surface area contributed by atoms with E-state index in [1.807, 2.05) is 25.4 Å². The summed E-state index contributed by atoms with van der Waals surface area (Å²) in [4.78, 5) is 4.16. The van der Waals surface area contributed by atoms with E-state index in [4.69, 9.17) is 5.73 Å². The van der Waals surface area contributed by atoms with Crippen LogP contribution in [-0.4, -0.2) is 19.3 Å². The zero-order chi connectivity index (χ0) is 9.97. The number of rotatable bonds is 3. The summed E-state index contributed by atoms with van der Waals surface area (Å²) >= 11 is 0. The molecule has 0 bridgehead atoms. The van der Waals surface area contributed by atoms with E-state index in [0.29, 0.717) is 6.54 Å². The Balaban J connectivity index is 2.22. The minimum absolute atomic E-state index is 0.546. The second-order valence-corrected chi connectivity index (χ2v) is 3.13.